The molecule has 0 fully saturated rings. The zero-order chi connectivity index (χ0) is 15.1. The average Bonchev–Trinajstić information content (AvgIpc) is 2.24. The van der Waals surface area contributed by atoms with Crippen molar-refractivity contribution in [2.24, 2.45) is 0 Å². The Labute approximate surface area is 111 Å². The van der Waals surface area contributed by atoms with Crippen molar-refractivity contribution in [3.8, 4) is 0 Å². The molecular weight excluding hydrogens is 277 g/mol. The Balaban J connectivity index is 4.03. The molecule has 0 rings (SSSR count). The Kier molecular flexibility index (Phi) is 7.10. The van der Waals surface area contributed by atoms with Gasteiger partial charge in [0.1, 0.15) is 13.2 Å². The molecule has 0 bridgehead atoms. The number of hydrogen-bond donors (Lipinski definition) is 1. The minimum absolute atomic E-state index is 0.0160. The number of phosphoric ester groups is 1. The zero-order valence-electron chi connectivity index (χ0n) is 11.2. The Hall–Kier alpha value is -1.05. The van der Waals surface area contributed by atoms with Crippen LogP contribution in [0.4, 0.5) is 0 Å². The fraction of sp³-hybridized carbons (Fsp3) is 0.600. The second-order valence-corrected chi connectivity index (χ2v) is 6.04. The smallest absolute Gasteiger partial charge is 0.388 e. The van der Waals surface area contributed by atoms with Gasteiger partial charge in [-0.15, -0.1) is 0 Å². The minimum atomic E-state index is -4.33. The van der Waals surface area contributed by atoms with Gasteiger partial charge in [-0.05, 0) is 0 Å². The maximum atomic E-state index is 11.4. The van der Waals surface area contributed by atoms with Crippen LogP contribution in [0.25, 0.3) is 0 Å². The molecule has 0 saturated carbocycles. The van der Waals surface area contributed by atoms with E-state index in [1.807, 2.05) is 21.1 Å². The van der Waals surface area contributed by atoms with E-state index in [0.29, 0.717) is 11.0 Å². The molecule has 8 nitrogen and oxygen atoms in total. The number of carbonyl (C=O) groups excluding carboxylic acids is 2. The molecule has 0 saturated heterocycles. The van der Waals surface area contributed by atoms with Crippen LogP contribution in [0.3, 0.4) is 0 Å². The summed E-state index contributed by atoms with van der Waals surface area (Å²) in [5, 5.41) is 0. The first kappa shape index (κ1) is 17.9. The van der Waals surface area contributed by atoms with Gasteiger partial charge in [0.25, 0.3) is 0 Å². The van der Waals surface area contributed by atoms with Crippen LogP contribution in [-0.2, 0) is 27.9 Å². The lowest BCUT2D eigenvalue weighted by Crippen LogP contribution is -2.37. The molecule has 0 spiro atoms. The molecule has 0 amide bonds. The first-order chi connectivity index (χ1) is 8.56. The van der Waals surface area contributed by atoms with E-state index in [2.05, 4.69) is 20.4 Å². The van der Waals surface area contributed by atoms with Crippen LogP contribution in [0.2, 0.25) is 0 Å². The molecular formula is C10H19NO7P+. The Bertz CT molecular complexity index is 388. The molecule has 19 heavy (non-hydrogen) atoms. The van der Waals surface area contributed by atoms with Crippen molar-refractivity contribution in [2.45, 2.75) is 0 Å². The minimum Gasteiger partial charge on any atom is -0.388 e. The number of nitrogens with zero attached hydrogens (tertiary/aromatic N) is 1. The number of quaternary nitrogens is 1. The molecule has 1 atom stereocenters. The fourth-order valence-corrected chi connectivity index (χ4v) is 1.44. The Morgan fingerprint density at radius 3 is 2.37 bits per heavy atom. The van der Waals surface area contributed by atoms with Crippen LogP contribution < -0.4 is 0 Å². The number of ether oxygens (including phenoxy) is 1. The number of phosphoric acid groups is 1. The van der Waals surface area contributed by atoms with E-state index in [0.717, 1.165) is 6.08 Å². The van der Waals surface area contributed by atoms with Crippen molar-refractivity contribution in [1.29, 1.82) is 0 Å². The van der Waals surface area contributed by atoms with Gasteiger partial charge >= 0.3 is 19.8 Å². The highest BCUT2D eigenvalue weighted by atomic mass is 31.2. The summed E-state index contributed by atoms with van der Waals surface area (Å²) >= 11 is 0. The Morgan fingerprint density at radius 1 is 1.32 bits per heavy atom. The number of esters is 2. The lowest BCUT2D eigenvalue weighted by Gasteiger charge is -2.23. The first-order valence-corrected chi connectivity index (χ1v) is 6.85. The first-order valence-electron chi connectivity index (χ1n) is 5.35. The molecule has 0 aliphatic rings. The highest BCUT2D eigenvalue weighted by Crippen LogP contribution is 2.42. The van der Waals surface area contributed by atoms with Crippen molar-refractivity contribution in [1.82, 2.24) is 0 Å². The van der Waals surface area contributed by atoms with Gasteiger partial charge in [0.05, 0.1) is 21.1 Å². The standard InChI is InChI=1S/C10H18NO7P/c1-5-9(12)18-10(13)8-17-19(14,15)16-7-6-11(2,3)4/h5H,1,6-8H2,2-4H3/p+1. The third kappa shape index (κ3) is 10.5. The van der Waals surface area contributed by atoms with Crippen LogP contribution in [-0.4, -0.2) is 62.2 Å². The van der Waals surface area contributed by atoms with Gasteiger partial charge in [-0.1, -0.05) is 6.58 Å². The predicted molar refractivity (Wildman–Crippen MR) is 65.9 cm³/mol. The molecule has 0 aliphatic carbocycles. The molecule has 9 heteroatoms. The van der Waals surface area contributed by atoms with Crippen LogP contribution in [0.1, 0.15) is 0 Å². The van der Waals surface area contributed by atoms with E-state index in [1.165, 1.54) is 0 Å². The summed E-state index contributed by atoms with van der Waals surface area (Å²) in [7, 11) is 1.31. The van der Waals surface area contributed by atoms with Crippen molar-refractivity contribution in [2.75, 3.05) is 40.9 Å². The highest BCUT2D eigenvalue weighted by molar-refractivity contribution is 7.47. The summed E-state index contributed by atoms with van der Waals surface area (Å²) in [6.07, 6.45) is 0.786. The molecule has 0 radical (unpaired) electrons. The highest BCUT2D eigenvalue weighted by Gasteiger charge is 2.24. The average molecular weight is 296 g/mol. The monoisotopic (exact) mass is 296 g/mol. The van der Waals surface area contributed by atoms with Gasteiger partial charge in [-0.3, -0.25) is 9.05 Å². The molecule has 0 aliphatic heterocycles. The molecule has 110 valence electrons. The summed E-state index contributed by atoms with van der Waals surface area (Å²) < 4.78 is 25.1. The van der Waals surface area contributed by atoms with Gasteiger partial charge in [0, 0.05) is 6.08 Å². The largest absolute Gasteiger partial charge is 0.472 e. The van der Waals surface area contributed by atoms with E-state index >= 15 is 0 Å². The molecule has 0 aromatic rings. The summed E-state index contributed by atoms with van der Waals surface area (Å²) in [5.41, 5.74) is 0. The lowest BCUT2D eigenvalue weighted by atomic mass is 10.5. The van der Waals surface area contributed by atoms with Crippen LogP contribution in [0.5, 0.6) is 0 Å². The topological polar surface area (TPSA) is 99.1 Å². The maximum absolute atomic E-state index is 11.4. The van der Waals surface area contributed by atoms with E-state index < -0.39 is 26.4 Å². The van der Waals surface area contributed by atoms with Crippen molar-refractivity contribution in [3.05, 3.63) is 12.7 Å². The predicted octanol–water partition coefficient (Wildman–Crippen LogP) is 0.0820. The van der Waals surface area contributed by atoms with Gasteiger partial charge < -0.3 is 14.1 Å². The number of carbonyl (C=O) groups is 2. The fourth-order valence-electron chi connectivity index (χ4n) is 0.785. The van der Waals surface area contributed by atoms with Crippen LogP contribution in [0, 0.1) is 0 Å². The number of likely N-dealkylation sites (N-methyl/N-ethyl adjacent to an activating group) is 1. The van der Waals surface area contributed by atoms with Crippen LogP contribution >= 0.6 is 7.82 Å². The third-order valence-corrected chi connectivity index (χ3v) is 2.71. The van der Waals surface area contributed by atoms with E-state index in [9.17, 15) is 19.0 Å². The molecule has 0 aromatic heterocycles. The van der Waals surface area contributed by atoms with Gasteiger partial charge in [0.15, 0.2) is 6.61 Å². The van der Waals surface area contributed by atoms with Gasteiger partial charge in [-0.2, -0.15) is 0 Å². The molecule has 1 N–H and O–H groups in total. The van der Waals surface area contributed by atoms with Crippen molar-refractivity contribution >= 4 is 19.8 Å². The maximum Gasteiger partial charge on any atom is 0.472 e. The van der Waals surface area contributed by atoms with Gasteiger partial charge in [0.2, 0.25) is 0 Å². The van der Waals surface area contributed by atoms with E-state index in [-0.39, 0.29) is 6.61 Å². The molecule has 1 unspecified atom stereocenters. The normalized spacial score (nSPS) is 14.5. The SMILES string of the molecule is C=CC(=O)OC(=O)COP(=O)(O)OCC[N+](C)(C)C. The second-order valence-electron chi connectivity index (χ2n) is 4.59. The van der Waals surface area contributed by atoms with E-state index in [1.54, 1.807) is 0 Å². The molecule has 0 aromatic carbocycles. The lowest BCUT2D eigenvalue weighted by molar-refractivity contribution is -0.870. The number of rotatable bonds is 8. The Morgan fingerprint density at radius 2 is 1.89 bits per heavy atom. The summed E-state index contributed by atoms with van der Waals surface area (Å²) in [5.74, 6) is -2.07. The number of hydrogen-bond acceptors (Lipinski definition) is 6. The summed E-state index contributed by atoms with van der Waals surface area (Å²) in [6.45, 7) is 2.69. The summed E-state index contributed by atoms with van der Waals surface area (Å²) in [4.78, 5) is 30.9. The third-order valence-electron chi connectivity index (χ3n) is 1.74. The second kappa shape index (κ2) is 7.52. The van der Waals surface area contributed by atoms with E-state index in [4.69, 9.17) is 0 Å². The summed E-state index contributed by atoms with van der Waals surface area (Å²) in [6, 6.07) is 0. The molecule has 0 heterocycles. The zero-order valence-corrected chi connectivity index (χ0v) is 12.1. The quantitative estimate of drug-likeness (QED) is 0.223. The van der Waals surface area contributed by atoms with Crippen molar-refractivity contribution < 1.29 is 37.3 Å². The van der Waals surface area contributed by atoms with Crippen LogP contribution in [0.15, 0.2) is 12.7 Å². The van der Waals surface area contributed by atoms with Gasteiger partial charge in [-0.25, -0.2) is 14.2 Å². The van der Waals surface area contributed by atoms with Crippen molar-refractivity contribution in [3.63, 3.8) is 0 Å².